The van der Waals surface area contributed by atoms with E-state index in [1.54, 1.807) is 12.3 Å². The summed E-state index contributed by atoms with van der Waals surface area (Å²) >= 11 is 0. The van der Waals surface area contributed by atoms with Crippen LogP contribution in [0.25, 0.3) is 10.9 Å². The Balaban J connectivity index is 1.65. The zero-order valence-electron chi connectivity index (χ0n) is 13.0. The molecule has 0 amide bonds. The molecule has 2 aromatic carbocycles. The molecule has 24 heavy (non-hydrogen) atoms. The van der Waals surface area contributed by atoms with Crippen molar-refractivity contribution in [2.75, 3.05) is 0 Å². The Labute approximate surface area is 138 Å². The predicted octanol–water partition coefficient (Wildman–Crippen LogP) is 2.76. The summed E-state index contributed by atoms with van der Waals surface area (Å²) < 4.78 is 2.07. The van der Waals surface area contributed by atoms with Crippen LogP contribution in [0.5, 0.6) is 0 Å². The van der Waals surface area contributed by atoms with Crippen LogP contribution in [0.2, 0.25) is 0 Å². The molecule has 2 aromatic heterocycles. The molecule has 118 valence electrons. The molecule has 0 unspecified atom stereocenters. The van der Waals surface area contributed by atoms with E-state index in [9.17, 15) is 4.79 Å². The van der Waals surface area contributed by atoms with E-state index < -0.39 is 0 Å². The van der Waals surface area contributed by atoms with Gasteiger partial charge in [-0.1, -0.05) is 42.5 Å². The number of rotatable bonds is 4. The third-order valence-corrected chi connectivity index (χ3v) is 3.98. The molecule has 0 spiro atoms. The van der Waals surface area contributed by atoms with Crippen molar-refractivity contribution in [2.24, 2.45) is 0 Å². The number of nitrogens with zero attached hydrogens (tertiary/aromatic N) is 3. The van der Waals surface area contributed by atoms with Gasteiger partial charge >= 0.3 is 0 Å². The first-order valence-corrected chi connectivity index (χ1v) is 7.81. The molecule has 5 heteroatoms. The molecule has 0 bridgehead atoms. The van der Waals surface area contributed by atoms with E-state index in [1.165, 1.54) is 5.56 Å². The average molecular weight is 316 g/mol. The number of fused-ring (bicyclic) bond motifs is 1. The quantitative estimate of drug-likeness (QED) is 0.629. The largest absolute Gasteiger partial charge is 0.330 e. The fourth-order valence-corrected chi connectivity index (χ4v) is 2.80. The maximum absolute atomic E-state index is 12.2. The van der Waals surface area contributed by atoms with Crippen molar-refractivity contribution in [3.05, 3.63) is 94.6 Å². The summed E-state index contributed by atoms with van der Waals surface area (Å²) in [7, 11) is 0. The van der Waals surface area contributed by atoms with E-state index in [2.05, 4.69) is 31.7 Å². The van der Waals surface area contributed by atoms with Crippen molar-refractivity contribution in [3.63, 3.8) is 0 Å². The third-order valence-electron chi connectivity index (χ3n) is 3.98. The monoisotopic (exact) mass is 316 g/mol. The number of imidazole rings is 1. The third kappa shape index (κ3) is 2.84. The molecule has 1 N–H and O–H groups in total. The van der Waals surface area contributed by atoms with Gasteiger partial charge < -0.3 is 9.55 Å². The lowest BCUT2D eigenvalue weighted by atomic mass is 10.2. The zero-order chi connectivity index (χ0) is 16.4. The standard InChI is InChI=1S/C19H16N4O/c24-19-15-8-4-5-9-16(15)21-17(22-19)12-18-20-10-11-23(18)13-14-6-2-1-3-7-14/h1-11H,12-13H2,(H,21,22,24). The molecular formula is C19H16N4O. The van der Waals surface area contributed by atoms with Gasteiger partial charge in [-0.3, -0.25) is 4.79 Å². The SMILES string of the molecule is O=c1[nH]c(Cc2nccn2Cc2ccccc2)nc2ccccc12. The van der Waals surface area contributed by atoms with E-state index in [-0.39, 0.29) is 5.56 Å². The Kier molecular flexibility index (Phi) is 3.67. The van der Waals surface area contributed by atoms with E-state index >= 15 is 0 Å². The molecule has 5 nitrogen and oxygen atoms in total. The van der Waals surface area contributed by atoms with Gasteiger partial charge in [-0.25, -0.2) is 9.97 Å². The Hall–Kier alpha value is -3.21. The fraction of sp³-hybridized carbons (Fsp3) is 0.105. The van der Waals surface area contributed by atoms with Crippen molar-refractivity contribution in [3.8, 4) is 0 Å². The second kappa shape index (κ2) is 6.12. The number of para-hydroxylation sites is 1. The molecule has 0 atom stereocenters. The molecular weight excluding hydrogens is 300 g/mol. The van der Waals surface area contributed by atoms with Crippen molar-refractivity contribution >= 4 is 10.9 Å². The van der Waals surface area contributed by atoms with Gasteiger partial charge in [0.2, 0.25) is 0 Å². The Morgan fingerprint density at radius 3 is 2.67 bits per heavy atom. The topological polar surface area (TPSA) is 63.6 Å². The van der Waals surface area contributed by atoms with Crippen LogP contribution < -0.4 is 5.56 Å². The summed E-state index contributed by atoms with van der Waals surface area (Å²) in [5.41, 5.74) is 1.80. The molecule has 0 aliphatic carbocycles. The van der Waals surface area contributed by atoms with Crippen LogP contribution in [0.3, 0.4) is 0 Å². The number of hydrogen-bond donors (Lipinski definition) is 1. The summed E-state index contributed by atoms with van der Waals surface area (Å²) in [6.45, 7) is 0.744. The lowest BCUT2D eigenvalue weighted by Gasteiger charge is -2.08. The maximum Gasteiger partial charge on any atom is 0.258 e. The molecule has 2 heterocycles. The highest BCUT2D eigenvalue weighted by atomic mass is 16.1. The van der Waals surface area contributed by atoms with Crippen LogP contribution in [0.15, 0.2) is 71.8 Å². The molecule has 0 fully saturated rings. The van der Waals surface area contributed by atoms with E-state index in [0.717, 1.165) is 12.4 Å². The summed E-state index contributed by atoms with van der Waals surface area (Å²) in [6.07, 6.45) is 4.21. The molecule has 0 radical (unpaired) electrons. The Morgan fingerprint density at radius 2 is 1.79 bits per heavy atom. The van der Waals surface area contributed by atoms with Gasteiger partial charge in [0.1, 0.15) is 11.6 Å². The first-order valence-electron chi connectivity index (χ1n) is 7.81. The van der Waals surface area contributed by atoms with Crippen LogP contribution in [-0.4, -0.2) is 19.5 Å². The van der Waals surface area contributed by atoms with Crippen molar-refractivity contribution in [1.82, 2.24) is 19.5 Å². The van der Waals surface area contributed by atoms with Gasteiger partial charge in [0, 0.05) is 18.9 Å². The van der Waals surface area contributed by atoms with Crippen molar-refractivity contribution < 1.29 is 0 Å². The van der Waals surface area contributed by atoms with Gasteiger partial charge in [0.15, 0.2) is 0 Å². The van der Waals surface area contributed by atoms with Crippen LogP contribution in [0.1, 0.15) is 17.2 Å². The number of aromatic amines is 1. The number of benzene rings is 2. The first kappa shape index (κ1) is 14.4. The second-order valence-electron chi connectivity index (χ2n) is 5.66. The van der Waals surface area contributed by atoms with E-state index in [1.807, 2.05) is 42.6 Å². The Bertz CT molecular complexity index is 1030. The minimum absolute atomic E-state index is 0.114. The van der Waals surface area contributed by atoms with Gasteiger partial charge in [0.05, 0.1) is 17.3 Å². The number of H-pyrrole nitrogens is 1. The number of nitrogens with one attached hydrogen (secondary N) is 1. The molecule has 4 aromatic rings. The highest BCUT2D eigenvalue weighted by Crippen LogP contribution is 2.10. The van der Waals surface area contributed by atoms with Gasteiger partial charge in [0.25, 0.3) is 5.56 Å². The smallest absolute Gasteiger partial charge is 0.258 e. The summed E-state index contributed by atoms with van der Waals surface area (Å²) in [5, 5.41) is 0.605. The van der Waals surface area contributed by atoms with Crippen molar-refractivity contribution in [2.45, 2.75) is 13.0 Å². The van der Waals surface area contributed by atoms with E-state index in [4.69, 9.17) is 0 Å². The predicted molar refractivity (Wildman–Crippen MR) is 92.9 cm³/mol. The number of hydrogen-bond acceptors (Lipinski definition) is 3. The summed E-state index contributed by atoms with van der Waals surface area (Å²) in [6, 6.07) is 17.6. The zero-order valence-corrected chi connectivity index (χ0v) is 13.0. The van der Waals surface area contributed by atoms with Crippen LogP contribution in [0, 0.1) is 0 Å². The fourth-order valence-electron chi connectivity index (χ4n) is 2.80. The minimum Gasteiger partial charge on any atom is -0.330 e. The summed E-state index contributed by atoms with van der Waals surface area (Å²) in [5.74, 6) is 1.50. The molecule has 0 aliphatic rings. The second-order valence-corrected chi connectivity index (χ2v) is 5.66. The Morgan fingerprint density at radius 1 is 1.00 bits per heavy atom. The summed E-state index contributed by atoms with van der Waals surface area (Å²) in [4.78, 5) is 24.0. The van der Waals surface area contributed by atoms with Gasteiger partial charge in [-0.15, -0.1) is 0 Å². The van der Waals surface area contributed by atoms with Crippen LogP contribution >= 0.6 is 0 Å². The highest BCUT2D eigenvalue weighted by Gasteiger charge is 2.09. The minimum atomic E-state index is -0.114. The maximum atomic E-state index is 12.2. The molecule has 0 saturated heterocycles. The normalized spacial score (nSPS) is 11.0. The average Bonchev–Trinajstić information content (AvgIpc) is 3.03. The lowest BCUT2D eigenvalue weighted by molar-refractivity contribution is 0.728. The van der Waals surface area contributed by atoms with Crippen LogP contribution in [-0.2, 0) is 13.0 Å². The molecule has 0 aliphatic heterocycles. The number of aromatic nitrogens is 4. The lowest BCUT2D eigenvalue weighted by Crippen LogP contribution is -2.14. The first-order chi connectivity index (χ1) is 11.8. The van der Waals surface area contributed by atoms with Crippen LogP contribution in [0.4, 0.5) is 0 Å². The van der Waals surface area contributed by atoms with Crippen molar-refractivity contribution in [1.29, 1.82) is 0 Å². The highest BCUT2D eigenvalue weighted by molar-refractivity contribution is 5.77. The van der Waals surface area contributed by atoms with Gasteiger partial charge in [-0.05, 0) is 17.7 Å². The molecule has 0 saturated carbocycles. The molecule has 4 rings (SSSR count). The van der Waals surface area contributed by atoms with E-state index in [0.29, 0.717) is 23.1 Å². The van der Waals surface area contributed by atoms with Gasteiger partial charge in [-0.2, -0.15) is 0 Å².